The molecule has 150 valence electrons. The molecule has 0 saturated carbocycles. The molecule has 5 rings (SSSR count). The van der Waals surface area contributed by atoms with Crippen LogP contribution in [0.4, 0.5) is 11.5 Å². The van der Waals surface area contributed by atoms with Crippen LogP contribution in [0.2, 0.25) is 5.02 Å². The number of aromatic nitrogens is 3. The lowest BCUT2D eigenvalue weighted by Crippen LogP contribution is -2.18. The molecule has 1 aliphatic rings. The normalized spacial score (nSPS) is 15.8. The standard InChI is InChI=1S/C21H16ClN5S3/c22-16-10-14(4-6-18(16)30-21-24-8-9-28-21)27-20-19-17(25-12-26-20)11-15(29-19)5-3-13-2-1-7-23-13/h4,6,8-13,23H,1-2,7H2,(H,25,26,27). The van der Waals surface area contributed by atoms with Crippen molar-refractivity contribution in [1.82, 2.24) is 20.3 Å². The van der Waals surface area contributed by atoms with Gasteiger partial charge in [0.2, 0.25) is 0 Å². The highest BCUT2D eigenvalue weighted by Gasteiger charge is 2.12. The molecule has 0 spiro atoms. The SMILES string of the molecule is Clc1cc(Nc2ncnc3cc(C#CC4CCCN4)sc23)ccc1Sc1nccs1. The molecular weight excluding hydrogens is 454 g/mol. The number of benzene rings is 1. The van der Waals surface area contributed by atoms with Crippen molar-refractivity contribution >= 4 is 67.8 Å². The number of thiophene rings is 1. The van der Waals surface area contributed by atoms with Gasteiger partial charge in [0.25, 0.3) is 0 Å². The van der Waals surface area contributed by atoms with Crippen molar-refractivity contribution in [3.63, 3.8) is 0 Å². The Morgan fingerprint density at radius 3 is 3.00 bits per heavy atom. The van der Waals surface area contributed by atoms with E-state index in [1.54, 1.807) is 47.0 Å². The first-order valence-electron chi connectivity index (χ1n) is 9.38. The van der Waals surface area contributed by atoms with Gasteiger partial charge in [-0.15, -0.1) is 22.7 Å². The van der Waals surface area contributed by atoms with Crippen LogP contribution in [0.3, 0.4) is 0 Å². The molecule has 0 bridgehead atoms. The molecule has 1 fully saturated rings. The minimum Gasteiger partial charge on any atom is -0.339 e. The van der Waals surface area contributed by atoms with Gasteiger partial charge < -0.3 is 10.6 Å². The van der Waals surface area contributed by atoms with E-state index in [0.29, 0.717) is 11.1 Å². The van der Waals surface area contributed by atoms with E-state index >= 15 is 0 Å². The Morgan fingerprint density at radius 1 is 1.23 bits per heavy atom. The summed E-state index contributed by atoms with van der Waals surface area (Å²) >= 11 is 11.3. The minimum absolute atomic E-state index is 0.293. The van der Waals surface area contributed by atoms with Crippen LogP contribution >= 0.6 is 46.0 Å². The predicted molar refractivity (Wildman–Crippen MR) is 126 cm³/mol. The molecule has 1 aromatic carbocycles. The average molecular weight is 470 g/mol. The Labute approximate surface area is 191 Å². The van der Waals surface area contributed by atoms with Gasteiger partial charge in [-0.25, -0.2) is 15.0 Å². The van der Waals surface area contributed by atoms with Crippen LogP contribution in [-0.2, 0) is 0 Å². The summed E-state index contributed by atoms with van der Waals surface area (Å²) in [7, 11) is 0. The maximum absolute atomic E-state index is 6.50. The highest BCUT2D eigenvalue weighted by molar-refractivity contribution is 8.01. The number of halogens is 1. The second kappa shape index (κ2) is 8.92. The first kappa shape index (κ1) is 19.8. The summed E-state index contributed by atoms with van der Waals surface area (Å²) in [6.07, 6.45) is 5.67. The smallest absolute Gasteiger partial charge is 0.154 e. The van der Waals surface area contributed by atoms with Crippen molar-refractivity contribution in [2.45, 2.75) is 28.1 Å². The minimum atomic E-state index is 0.293. The van der Waals surface area contributed by atoms with Crippen LogP contribution in [-0.4, -0.2) is 27.5 Å². The molecule has 30 heavy (non-hydrogen) atoms. The maximum atomic E-state index is 6.50. The van der Waals surface area contributed by atoms with Crippen LogP contribution in [0.25, 0.3) is 10.2 Å². The molecule has 0 aliphatic carbocycles. The number of anilines is 2. The van der Waals surface area contributed by atoms with Crippen molar-refractivity contribution in [3.8, 4) is 11.8 Å². The van der Waals surface area contributed by atoms with Crippen LogP contribution in [0.5, 0.6) is 0 Å². The molecule has 1 atom stereocenters. The van der Waals surface area contributed by atoms with E-state index in [-0.39, 0.29) is 0 Å². The fourth-order valence-electron chi connectivity index (χ4n) is 3.12. The fraction of sp³-hybridized carbons (Fsp3) is 0.190. The highest BCUT2D eigenvalue weighted by atomic mass is 35.5. The lowest BCUT2D eigenvalue weighted by atomic mass is 10.2. The van der Waals surface area contributed by atoms with Crippen molar-refractivity contribution in [3.05, 3.63) is 52.1 Å². The summed E-state index contributed by atoms with van der Waals surface area (Å²) in [6.45, 7) is 1.05. The van der Waals surface area contributed by atoms with Gasteiger partial charge in [-0.2, -0.15) is 0 Å². The van der Waals surface area contributed by atoms with Gasteiger partial charge in [0.05, 0.1) is 26.2 Å². The van der Waals surface area contributed by atoms with Gasteiger partial charge in [0.1, 0.15) is 6.33 Å². The second-order valence-electron chi connectivity index (χ2n) is 6.64. The summed E-state index contributed by atoms with van der Waals surface area (Å²) in [5.41, 5.74) is 1.77. The number of nitrogens with one attached hydrogen (secondary N) is 2. The quantitative estimate of drug-likeness (QED) is 0.368. The van der Waals surface area contributed by atoms with E-state index in [4.69, 9.17) is 11.6 Å². The van der Waals surface area contributed by atoms with E-state index in [9.17, 15) is 0 Å². The van der Waals surface area contributed by atoms with Gasteiger partial charge in [-0.05, 0) is 43.7 Å². The van der Waals surface area contributed by atoms with Gasteiger partial charge >= 0.3 is 0 Å². The zero-order chi connectivity index (χ0) is 20.3. The monoisotopic (exact) mass is 469 g/mol. The Kier molecular flexibility index (Phi) is 5.88. The van der Waals surface area contributed by atoms with Gasteiger partial charge in [0.15, 0.2) is 10.2 Å². The Morgan fingerprint density at radius 2 is 2.20 bits per heavy atom. The third-order valence-electron chi connectivity index (χ3n) is 4.54. The molecule has 2 N–H and O–H groups in total. The molecule has 0 radical (unpaired) electrons. The lowest BCUT2D eigenvalue weighted by molar-refractivity contribution is 0.749. The van der Waals surface area contributed by atoms with Crippen molar-refractivity contribution in [2.75, 3.05) is 11.9 Å². The summed E-state index contributed by atoms with van der Waals surface area (Å²) in [4.78, 5) is 15.1. The summed E-state index contributed by atoms with van der Waals surface area (Å²) in [5, 5.41) is 9.41. The Hall–Kier alpha value is -2.15. The van der Waals surface area contributed by atoms with Crippen LogP contribution < -0.4 is 10.6 Å². The number of fused-ring (bicyclic) bond motifs is 1. The third kappa shape index (κ3) is 4.46. The van der Waals surface area contributed by atoms with Crippen LogP contribution in [0.1, 0.15) is 17.7 Å². The average Bonchev–Trinajstić information content (AvgIpc) is 3.50. The highest BCUT2D eigenvalue weighted by Crippen LogP contribution is 2.37. The summed E-state index contributed by atoms with van der Waals surface area (Å²) in [5.74, 6) is 7.36. The molecule has 5 nitrogen and oxygen atoms in total. The van der Waals surface area contributed by atoms with E-state index in [2.05, 4.69) is 37.4 Å². The first-order chi connectivity index (χ1) is 14.7. The van der Waals surface area contributed by atoms with Gasteiger partial charge in [-0.1, -0.05) is 35.2 Å². The van der Waals surface area contributed by atoms with Gasteiger partial charge in [-0.3, -0.25) is 0 Å². The van der Waals surface area contributed by atoms with Crippen molar-refractivity contribution in [1.29, 1.82) is 0 Å². The fourth-order valence-corrected chi connectivity index (χ4v) is 5.92. The zero-order valence-corrected chi connectivity index (χ0v) is 18.9. The maximum Gasteiger partial charge on any atom is 0.154 e. The lowest BCUT2D eigenvalue weighted by Gasteiger charge is -2.08. The number of hydrogen-bond donors (Lipinski definition) is 2. The molecule has 1 aliphatic heterocycles. The largest absolute Gasteiger partial charge is 0.339 e. The second-order valence-corrected chi connectivity index (χ2v) is 10.3. The van der Waals surface area contributed by atoms with E-state index < -0.39 is 0 Å². The van der Waals surface area contributed by atoms with E-state index in [1.807, 2.05) is 29.6 Å². The van der Waals surface area contributed by atoms with Crippen molar-refractivity contribution in [2.24, 2.45) is 0 Å². The third-order valence-corrected chi connectivity index (χ3v) is 7.97. The van der Waals surface area contributed by atoms with E-state index in [1.165, 1.54) is 6.42 Å². The summed E-state index contributed by atoms with van der Waals surface area (Å²) < 4.78 is 1.95. The molecule has 4 aromatic rings. The molecule has 1 saturated heterocycles. The number of nitrogens with zero attached hydrogens (tertiary/aromatic N) is 3. The summed E-state index contributed by atoms with van der Waals surface area (Å²) in [6, 6.07) is 8.22. The Balaban J connectivity index is 1.37. The zero-order valence-electron chi connectivity index (χ0n) is 15.7. The molecule has 0 amide bonds. The molecule has 1 unspecified atom stereocenters. The van der Waals surface area contributed by atoms with Crippen LogP contribution in [0.15, 0.2) is 51.4 Å². The topological polar surface area (TPSA) is 62.7 Å². The molecular formula is C21H16ClN5S3. The number of rotatable bonds is 4. The Bertz CT molecular complexity index is 1240. The number of hydrogen-bond acceptors (Lipinski definition) is 8. The van der Waals surface area contributed by atoms with Crippen LogP contribution in [0, 0.1) is 11.8 Å². The molecule has 4 heterocycles. The van der Waals surface area contributed by atoms with Crippen molar-refractivity contribution < 1.29 is 0 Å². The van der Waals surface area contributed by atoms with E-state index in [0.717, 1.165) is 48.8 Å². The first-order valence-corrected chi connectivity index (χ1v) is 12.3. The number of thiazole rings is 1. The predicted octanol–water partition coefficient (Wildman–Crippen LogP) is 5.80. The van der Waals surface area contributed by atoms with Gasteiger partial charge in [0, 0.05) is 22.2 Å². The molecule has 9 heteroatoms. The molecule has 3 aromatic heterocycles.